The van der Waals surface area contributed by atoms with Gasteiger partial charge < -0.3 is 25.4 Å². The predicted octanol–water partition coefficient (Wildman–Crippen LogP) is 7.65. The van der Waals surface area contributed by atoms with Gasteiger partial charge in [0.2, 0.25) is 11.8 Å². The summed E-state index contributed by atoms with van der Waals surface area (Å²) < 4.78 is 8.19. The molecule has 1 unspecified atom stereocenters. The summed E-state index contributed by atoms with van der Waals surface area (Å²) >= 11 is 1.41. The Balaban J connectivity index is 0.000000211. The summed E-state index contributed by atoms with van der Waals surface area (Å²) in [5, 5.41) is 16.8. The van der Waals surface area contributed by atoms with E-state index in [0.29, 0.717) is 36.8 Å². The number of unbranched alkanes of at least 4 members (excludes halogenated alkanes) is 3. The van der Waals surface area contributed by atoms with Crippen LogP contribution in [-0.4, -0.2) is 74.8 Å². The molecule has 0 radical (unpaired) electrons. The molecule has 0 bridgehead atoms. The monoisotopic (exact) mass is 763 g/mol. The third-order valence-corrected chi connectivity index (χ3v) is 12.1. The molecule has 3 atom stereocenters. The van der Waals surface area contributed by atoms with E-state index in [4.69, 9.17) is 4.74 Å². The van der Waals surface area contributed by atoms with Crippen LogP contribution < -0.4 is 15.4 Å². The number of likely N-dealkylation sites (tertiary alicyclic amines) is 1. The fourth-order valence-corrected chi connectivity index (χ4v) is 8.30. The summed E-state index contributed by atoms with van der Waals surface area (Å²) in [7, 11) is 0. The van der Waals surface area contributed by atoms with E-state index in [9.17, 15) is 24.3 Å². The van der Waals surface area contributed by atoms with Crippen molar-refractivity contribution in [3.05, 3.63) is 48.7 Å². The Kier molecular flexibility index (Phi) is 15.9. The smallest absolute Gasteiger partial charge is 0.407 e. The average molecular weight is 764 g/mol. The molecule has 2 aromatic rings. The van der Waals surface area contributed by atoms with Crippen LogP contribution in [0, 0.1) is 5.92 Å². The van der Waals surface area contributed by atoms with E-state index in [1.165, 1.54) is 68.2 Å². The van der Waals surface area contributed by atoms with Gasteiger partial charge in [0.15, 0.2) is 0 Å². The van der Waals surface area contributed by atoms with Crippen molar-refractivity contribution in [2.75, 3.05) is 13.1 Å². The number of aromatic nitrogens is 1. The number of amides is 4. The van der Waals surface area contributed by atoms with Crippen molar-refractivity contribution in [1.82, 2.24) is 25.2 Å². The van der Waals surface area contributed by atoms with E-state index in [1.54, 1.807) is 6.08 Å². The molecule has 0 spiro atoms. The maximum Gasteiger partial charge on any atom is 0.407 e. The third kappa shape index (κ3) is 12.1. The number of nitrogens with one attached hydrogen (secondary N) is 3. The number of fused-ring (bicyclic) bond motifs is 1. The van der Waals surface area contributed by atoms with Crippen LogP contribution in [0.2, 0.25) is 0 Å². The molecule has 4 saturated carbocycles. The quantitative estimate of drug-likeness (QED) is 0.0871. The molecule has 4 N–H and O–H groups in total. The van der Waals surface area contributed by atoms with Crippen LogP contribution in [0.3, 0.4) is 0 Å². The van der Waals surface area contributed by atoms with E-state index >= 15 is 0 Å². The molecule has 5 aliphatic rings. The number of pyridine rings is 1. The van der Waals surface area contributed by atoms with Gasteiger partial charge in [0, 0.05) is 23.1 Å². The van der Waals surface area contributed by atoms with Gasteiger partial charge in [0.25, 0.3) is 5.91 Å². The fourth-order valence-electron chi connectivity index (χ4n) is 7.47. The number of para-hydroxylation sites is 1. The van der Waals surface area contributed by atoms with Crippen LogP contribution in [0.4, 0.5) is 4.79 Å². The van der Waals surface area contributed by atoms with Gasteiger partial charge in [-0.05, 0) is 94.7 Å². The zero-order valence-corrected chi connectivity index (χ0v) is 32.9. The first-order valence-corrected chi connectivity index (χ1v) is 21.3. The molecule has 7 rings (SSSR count). The summed E-state index contributed by atoms with van der Waals surface area (Å²) in [5.41, 5.74) is 0.817. The second kappa shape index (κ2) is 20.8. The fraction of sp³-hybridized carbons (Fsp3) is 0.643. The first kappa shape index (κ1) is 41.4. The Morgan fingerprint density at radius 3 is 2.37 bits per heavy atom. The predicted molar refractivity (Wildman–Crippen MR) is 214 cm³/mol. The number of alkyl carbamates (subject to hydrolysis) is 1. The highest BCUT2D eigenvalue weighted by Crippen LogP contribution is 2.46. The lowest BCUT2D eigenvalue weighted by atomic mass is 10.1. The molecule has 1 aromatic heterocycles. The largest absolute Gasteiger partial charge is 0.506 e. The molecule has 54 heavy (non-hydrogen) atoms. The summed E-state index contributed by atoms with van der Waals surface area (Å²) in [6.07, 6.45) is 21.9. The van der Waals surface area contributed by atoms with Crippen molar-refractivity contribution in [1.29, 1.82) is 0 Å². The SMILES string of the molecule is C1CCCC1.C=C[C@@H]1C[C@]1(NC(=O)C1CCCN1C(=O)CNC(=O)OC1CCCC1)C(=O)NSC1CC1.CCCCCCc1nc2ccccc2cc1O. The van der Waals surface area contributed by atoms with Gasteiger partial charge in [-0.1, -0.05) is 82.6 Å². The molecule has 4 amide bonds. The number of hydrogen-bond donors (Lipinski definition) is 4. The minimum Gasteiger partial charge on any atom is -0.506 e. The molecule has 11 nitrogen and oxygen atoms in total. The topological polar surface area (TPSA) is 150 Å². The van der Waals surface area contributed by atoms with Crippen LogP contribution in [0.1, 0.15) is 128 Å². The first-order chi connectivity index (χ1) is 26.2. The molecule has 1 saturated heterocycles. The van der Waals surface area contributed by atoms with Crippen LogP contribution >= 0.6 is 11.9 Å². The number of nitrogens with zero attached hydrogens (tertiary/aromatic N) is 2. The van der Waals surface area contributed by atoms with Crippen molar-refractivity contribution in [3.8, 4) is 5.75 Å². The standard InChI is InChI=1S/C22H32N4O5S.C15H19NO.C5H10/c1-2-14-12-22(14,20(29)25-32-16-9-10-16)24-19(28)17-8-5-11-26(17)18(27)13-23-21(30)31-15-6-3-4-7-15;1-2-3-4-5-10-14-15(17)11-12-8-6-7-9-13(12)16-14;1-2-4-5-3-1/h2,14-17H,1,3-13H2,(H,23,30)(H,24,28)(H,25,29);6-9,11,17H,2-5,10H2,1H3;1-5H2/t14-,17?,22-;;/m1../s1. The lowest BCUT2D eigenvalue weighted by Crippen LogP contribution is -2.55. The molecule has 2 heterocycles. The van der Waals surface area contributed by atoms with Gasteiger partial charge in [0.1, 0.15) is 30.0 Å². The first-order valence-electron chi connectivity index (χ1n) is 20.5. The number of carbonyl (C=O) groups is 4. The Morgan fingerprint density at radius 2 is 1.70 bits per heavy atom. The van der Waals surface area contributed by atoms with E-state index in [-0.39, 0.29) is 36.3 Å². The van der Waals surface area contributed by atoms with E-state index < -0.39 is 17.7 Å². The van der Waals surface area contributed by atoms with Crippen LogP contribution in [0.5, 0.6) is 5.75 Å². The molecule has 12 heteroatoms. The second-order valence-corrected chi connectivity index (χ2v) is 16.5. The van der Waals surface area contributed by atoms with Crippen molar-refractivity contribution >= 4 is 46.7 Å². The zero-order valence-electron chi connectivity index (χ0n) is 32.1. The highest BCUT2D eigenvalue weighted by molar-refractivity contribution is 7.98. The van der Waals surface area contributed by atoms with Crippen molar-refractivity contribution in [3.63, 3.8) is 0 Å². The Labute approximate surface area is 325 Å². The molecular formula is C42H61N5O6S. The molecule has 4 aliphatic carbocycles. The number of aromatic hydroxyl groups is 1. The minimum absolute atomic E-state index is 0.0767. The van der Waals surface area contributed by atoms with Crippen molar-refractivity contribution in [2.45, 2.75) is 152 Å². The summed E-state index contributed by atoms with van der Waals surface area (Å²) in [4.78, 5) is 56.5. The zero-order chi connectivity index (χ0) is 38.3. The number of carbonyl (C=O) groups excluding carboxylic acids is 4. The van der Waals surface area contributed by atoms with Crippen LogP contribution in [0.25, 0.3) is 10.9 Å². The highest BCUT2D eigenvalue weighted by Gasteiger charge is 2.60. The highest BCUT2D eigenvalue weighted by atomic mass is 32.2. The van der Waals surface area contributed by atoms with Gasteiger partial charge in [-0.15, -0.1) is 6.58 Å². The van der Waals surface area contributed by atoms with Gasteiger partial charge in [-0.2, -0.15) is 0 Å². The molecule has 296 valence electrons. The summed E-state index contributed by atoms with van der Waals surface area (Å²) in [5.74, 6) is -0.658. The Hall–Kier alpha value is -3.80. The van der Waals surface area contributed by atoms with Crippen LogP contribution in [0.15, 0.2) is 43.0 Å². The molecule has 1 aliphatic heterocycles. The summed E-state index contributed by atoms with van der Waals surface area (Å²) in [6.45, 7) is 6.21. The lowest BCUT2D eigenvalue weighted by molar-refractivity contribution is -0.139. The second-order valence-electron chi connectivity index (χ2n) is 15.4. The Morgan fingerprint density at radius 1 is 0.981 bits per heavy atom. The van der Waals surface area contributed by atoms with Gasteiger partial charge >= 0.3 is 6.09 Å². The van der Waals surface area contributed by atoms with Crippen LogP contribution in [-0.2, 0) is 25.5 Å². The molecule has 5 fully saturated rings. The maximum absolute atomic E-state index is 13.1. The van der Waals surface area contributed by atoms with E-state index in [2.05, 4.69) is 33.8 Å². The lowest BCUT2D eigenvalue weighted by Gasteiger charge is -2.27. The van der Waals surface area contributed by atoms with Gasteiger partial charge in [0.05, 0.1) is 11.2 Å². The van der Waals surface area contributed by atoms with Crippen molar-refractivity contribution < 1.29 is 29.0 Å². The van der Waals surface area contributed by atoms with Gasteiger partial charge in [-0.25, -0.2) is 9.78 Å². The maximum atomic E-state index is 13.1. The number of aryl methyl sites for hydroxylation is 1. The average Bonchev–Trinajstić information content (AvgIpc) is 3.77. The number of rotatable bonds is 14. The summed E-state index contributed by atoms with van der Waals surface area (Å²) in [6, 6.07) is 9.07. The Bertz CT molecular complexity index is 1570. The van der Waals surface area contributed by atoms with Gasteiger partial charge in [-0.3, -0.25) is 19.1 Å². The molecule has 1 aromatic carbocycles. The van der Waals surface area contributed by atoms with E-state index in [1.807, 2.05) is 30.3 Å². The number of hydrogen-bond acceptors (Lipinski definition) is 8. The van der Waals surface area contributed by atoms with Crippen molar-refractivity contribution in [2.24, 2.45) is 5.92 Å². The third-order valence-electron chi connectivity index (χ3n) is 11.0. The van der Waals surface area contributed by atoms with E-state index in [0.717, 1.165) is 68.0 Å². The molecular weight excluding hydrogens is 703 g/mol. The number of ether oxygens (including phenoxy) is 1. The normalized spacial score (nSPS) is 23.0. The minimum atomic E-state index is -0.985. The number of benzene rings is 1.